The van der Waals surface area contributed by atoms with Crippen molar-refractivity contribution in [3.8, 4) is 0 Å². The monoisotopic (exact) mass is 170 g/mol. The van der Waals surface area contributed by atoms with Crippen molar-refractivity contribution in [2.24, 2.45) is 0 Å². The van der Waals surface area contributed by atoms with Crippen LogP contribution in [0.15, 0.2) is 24.3 Å². The summed E-state index contributed by atoms with van der Waals surface area (Å²) in [6, 6.07) is 0. The third kappa shape index (κ3) is 16.0. The molecule has 2 heteroatoms. The van der Waals surface area contributed by atoms with Crippen molar-refractivity contribution < 1.29 is 9.90 Å². The molecule has 0 fully saturated rings. The number of carbonyl (C=O) groups is 1. The lowest BCUT2D eigenvalue weighted by Crippen LogP contribution is -1.92. The van der Waals surface area contributed by atoms with Gasteiger partial charge >= 0.3 is 5.97 Å². The quantitative estimate of drug-likeness (QED) is 0.522. The van der Waals surface area contributed by atoms with Gasteiger partial charge in [0.05, 0.1) is 0 Å². The van der Waals surface area contributed by atoms with Crippen LogP contribution in [-0.2, 0) is 4.79 Å². The Balaban J connectivity index is 0. The van der Waals surface area contributed by atoms with Crippen molar-refractivity contribution in [2.75, 3.05) is 0 Å². The Morgan fingerprint density at radius 3 is 2.08 bits per heavy atom. The van der Waals surface area contributed by atoms with E-state index in [1.807, 2.05) is 0 Å². The molecule has 0 saturated heterocycles. The number of aliphatic carboxylic acids is 1. The standard InChI is InChI=1S/C6H12.C4H6O2/c1-3-5-6-4-2;1-3(2)4(5)6/h3,5H,4,6H2,1-2H3;1H2,2H3,(H,5,6)/b5-3+;. The summed E-state index contributed by atoms with van der Waals surface area (Å²) in [5.74, 6) is -0.935. The second-order valence-corrected chi connectivity index (χ2v) is 2.44. The van der Waals surface area contributed by atoms with Crippen molar-refractivity contribution >= 4 is 5.97 Å². The number of hydrogen-bond acceptors (Lipinski definition) is 1. The molecule has 0 bridgehead atoms. The summed E-state index contributed by atoms with van der Waals surface area (Å²) >= 11 is 0. The third-order valence-electron chi connectivity index (χ3n) is 1.06. The van der Waals surface area contributed by atoms with Crippen molar-refractivity contribution in [1.29, 1.82) is 0 Å². The highest BCUT2D eigenvalue weighted by Gasteiger charge is 1.90. The summed E-state index contributed by atoms with van der Waals surface area (Å²) in [6.45, 7) is 8.83. The molecule has 0 aliphatic carbocycles. The molecule has 70 valence electrons. The molecule has 0 heterocycles. The van der Waals surface area contributed by atoms with E-state index in [0.29, 0.717) is 0 Å². The molecule has 0 rings (SSSR count). The molecule has 0 radical (unpaired) electrons. The lowest BCUT2D eigenvalue weighted by molar-refractivity contribution is -0.132. The number of rotatable bonds is 3. The van der Waals surface area contributed by atoms with Crippen LogP contribution in [0.25, 0.3) is 0 Å². The summed E-state index contributed by atoms with van der Waals surface area (Å²) in [5.41, 5.74) is 0.176. The second kappa shape index (κ2) is 9.95. The molecule has 0 aromatic heterocycles. The van der Waals surface area contributed by atoms with Crippen LogP contribution in [0, 0.1) is 0 Å². The average Bonchev–Trinajstić information content (AvgIpc) is 2.02. The van der Waals surface area contributed by atoms with E-state index in [1.165, 1.54) is 19.8 Å². The maximum atomic E-state index is 9.60. The molecule has 0 aliphatic rings. The molecule has 0 unspecified atom stereocenters. The molecular weight excluding hydrogens is 152 g/mol. The van der Waals surface area contributed by atoms with Crippen molar-refractivity contribution in [2.45, 2.75) is 33.6 Å². The van der Waals surface area contributed by atoms with Crippen molar-refractivity contribution in [3.05, 3.63) is 24.3 Å². The van der Waals surface area contributed by atoms with Crippen LogP contribution in [0.1, 0.15) is 33.6 Å². The largest absolute Gasteiger partial charge is 0.478 e. The van der Waals surface area contributed by atoms with Gasteiger partial charge in [0, 0.05) is 5.57 Å². The zero-order valence-corrected chi connectivity index (χ0v) is 8.13. The van der Waals surface area contributed by atoms with Crippen LogP contribution in [-0.4, -0.2) is 11.1 Å². The topological polar surface area (TPSA) is 37.3 Å². The number of hydrogen-bond donors (Lipinski definition) is 1. The Labute approximate surface area is 74.6 Å². The Hall–Kier alpha value is -1.05. The molecule has 0 aromatic rings. The third-order valence-corrected chi connectivity index (χ3v) is 1.06. The molecule has 0 spiro atoms. The molecule has 0 amide bonds. The second-order valence-electron chi connectivity index (χ2n) is 2.44. The van der Waals surface area contributed by atoms with Gasteiger partial charge in [-0.05, 0) is 20.3 Å². The van der Waals surface area contributed by atoms with Gasteiger partial charge in [0.1, 0.15) is 0 Å². The molecule has 1 N–H and O–H groups in total. The van der Waals surface area contributed by atoms with Crippen molar-refractivity contribution in [3.63, 3.8) is 0 Å². The van der Waals surface area contributed by atoms with Gasteiger partial charge in [0.15, 0.2) is 0 Å². The van der Waals surface area contributed by atoms with Crippen LogP contribution in [0.3, 0.4) is 0 Å². The van der Waals surface area contributed by atoms with E-state index < -0.39 is 5.97 Å². The summed E-state index contributed by atoms with van der Waals surface area (Å²) in [6.07, 6.45) is 6.77. The minimum absolute atomic E-state index is 0.176. The first-order chi connectivity index (χ1) is 5.56. The van der Waals surface area contributed by atoms with E-state index in [9.17, 15) is 4.79 Å². The van der Waals surface area contributed by atoms with Gasteiger partial charge in [0.2, 0.25) is 0 Å². The first-order valence-corrected chi connectivity index (χ1v) is 4.06. The molecule has 0 aliphatic heterocycles. The van der Waals surface area contributed by atoms with Gasteiger partial charge < -0.3 is 5.11 Å². The molecule has 2 nitrogen and oxygen atoms in total. The number of unbranched alkanes of at least 4 members (excludes halogenated alkanes) is 1. The van der Waals surface area contributed by atoms with Gasteiger partial charge in [-0.2, -0.15) is 0 Å². The minimum atomic E-state index is -0.935. The zero-order valence-electron chi connectivity index (χ0n) is 8.13. The fourth-order valence-electron chi connectivity index (χ4n) is 0.333. The van der Waals surface area contributed by atoms with Crippen LogP contribution in [0.2, 0.25) is 0 Å². The van der Waals surface area contributed by atoms with E-state index in [0.717, 1.165) is 0 Å². The number of carboxylic acids is 1. The summed E-state index contributed by atoms with van der Waals surface area (Å²) in [5, 5.41) is 7.89. The Morgan fingerprint density at radius 1 is 1.58 bits per heavy atom. The SMILES string of the molecule is C/C=C/CCC.C=C(C)C(=O)O. The van der Waals surface area contributed by atoms with E-state index in [2.05, 4.69) is 32.6 Å². The lowest BCUT2D eigenvalue weighted by atomic mass is 10.3. The molecule has 0 atom stereocenters. The Morgan fingerprint density at radius 2 is 2.00 bits per heavy atom. The highest BCUT2D eigenvalue weighted by Crippen LogP contribution is 1.85. The summed E-state index contributed by atoms with van der Waals surface area (Å²) in [4.78, 5) is 9.60. The van der Waals surface area contributed by atoms with E-state index in [1.54, 1.807) is 0 Å². The van der Waals surface area contributed by atoms with Crippen LogP contribution >= 0.6 is 0 Å². The average molecular weight is 170 g/mol. The van der Waals surface area contributed by atoms with Gasteiger partial charge in [0.25, 0.3) is 0 Å². The van der Waals surface area contributed by atoms with Gasteiger partial charge in [-0.15, -0.1) is 0 Å². The molecular formula is C10H18O2. The van der Waals surface area contributed by atoms with Crippen LogP contribution in [0.5, 0.6) is 0 Å². The van der Waals surface area contributed by atoms with Crippen LogP contribution < -0.4 is 0 Å². The van der Waals surface area contributed by atoms with Crippen LogP contribution in [0.4, 0.5) is 0 Å². The van der Waals surface area contributed by atoms with Gasteiger partial charge in [-0.1, -0.05) is 32.1 Å². The maximum Gasteiger partial charge on any atom is 0.330 e. The van der Waals surface area contributed by atoms with Crippen molar-refractivity contribution in [1.82, 2.24) is 0 Å². The molecule has 12 heavy (non-hydrogen) atoms. The molecule has 0 aromatic carbocycles. The highest BCUT2D eigenvalue weighted by atomic mass is 16.4. The van der Waals surface area contributed by atoms with E-state index >= 15 is 0 Å². The minimum Gasteiger partial charge on any atom is -0.478 e. The first kappa shape index (κ1) is 13.5. The zero-order chi connectivity index (χ0) is 9.98. The number of allylic oxidation sites excluding steroid dienone is 2. The molecule has 0 saturated carbocycles. The Kier molecular flexibility index (Phi) is 11.2. The smallest absolute Gasteiger partial charge is 0.330 e. The Bertz CT molecular complexity index is 145. The van der Waals surface area contributed by atoms with Gasteiger partial charge in [-0.25, -0.2) is 4.79 Å². The summed E-state index contributed by atoms with van der Waals surface area (Å²) in [7, 11) is 0. The fourth-order valence-corrected chi connectivity index (χ4v) is 0.333. The predicted octanol–water partition coefficient (Wildman–Crippen LogP) is 3.01. The van der Waals surface area contributed by atoms with E-state index in [-0.39, 0.29) is 5.57 Å². The summed E-state index contributed by atoms with van der Waals surface area (Å²) < 4.78 is 0. The lowest BCUT2D eigenvalue weighted by Gasteiger charge is -1.79. The fraction of sp³-hybridized carbons (Fsp3) is 0.500. The maximum absolute atomic E-state index is 9.60. The number of carboxylic acid groups (broad SMARTS) is 1. The van der Waals surface area contributed by atoms with Gasteiger partial charge in [-0.3, -0.25) is 0 Å². The normalized spacial score (nSPS) is 8.92. The highest BCUT2D eigenvalue weighted by molar-refractivity contribution is 5.84. The predicted molar refractivity (Wildman–Crippen MR) is 52.2 cm³/mol. The van der Waals surface area contributed by atoms with E-state index in [4.69, 9.17) is 5.11 Å². The first-order valence-electron chi connectivity index (χ1n) is 4.06.